The monoisotopic (exact) mass is 498 g/mol. The molecule has 0 aliphatic carbocycles. The van der Waals surface area contributed by atoms with Crippen molar-refractivity contribution in [2.45, 2.75) is 32.9 Å². The van der Waals surface area contributed by atoms with E-state index in [4.69, 9.17) is 4.74 Å². The number of ketones is 1. The molecule has 37 heavy (non-hydrogen) atoms. The maximum Gasteiger partial charge on any atom is 0.295 e. The van der Waals surface area contributed by atoms with Gasteiger partial charge in [0.2, 0.25) is 0 Å². The summed E-state index contributed by atoms with van der Waals surface area (Å²) < 4.78 is 5.90. The highest BCUT2D eigenvalue weighted by atomic mass is 16.5. The number of aliphatic hydroxyl groups is 1. The summed E-state index contributed by atoms with van der Waals surface area (Å²) in [6, 6.07) is 22.2. The van der Waals surface area contributed by atoms with Gasteiger partial charge < -0.3 is 19.6 Å². The van der Waals surface area contributed by atoms with Crippen LogP contribution >= 0.6 is 0 Å². The average Bonchev–Trinajstić information content (AvgIpc) is 3.13. The maximum absolute atomic E-state index is 13.2. The molecule has 1 aliphatic rings. The molecule has 1 atom stereocenters. The zero-order valence-corrected chi connectivity index (χ0v) is 21.9. The summed E-state index contributed by atoms with van der Waals surface area (Å²) in [6.07, 6.45) is 0.718. The van der Waals surface area contributed by atoms with Gasteiger partial charge in [0, 0.05) is 12.1 Å². The van der Waals surface area contributed by atoms with E-state index in [0.29, 0.717) is 24.5 Å². The number of likely N-dealkylation sites (tertiary alicyclic amines) is 1. The molecule has 0 spiro atoms. The summed E-state index contributed by atoms with van der Waals surface area (Å²) in [4.78, 5) is 29.9. The van der Waals surface area contributed by atoms with E-state index in [0.717, 1.165) is 29.7 Å². The van der Waals surface area contributed by atoms with E-state index < -0.39 is 17.7 Å². The second-order valence-corrected chi connectivity index (χ2v) is 9.86. The Balaban J connectivity index is 1.62. The quantitative estimate of drug-likeness (QED) is 0.248. The molecular formula is C31H34N2O4. The average molecular weight is 499 g/mol. The summed E-state index contributed by atoms with van der Waals surface area (Å²) in [7, 11) is 3.94. The highest BCUT2D eigenvalue weighted by Crippen LogP contribution is 2.39. The fraction of sp³-hybridized carbons (Fsp3) is 0.290. The Morgan fingerprint density at radius 2 is 1.65 bits per heavy atom. The molecule has 0 unspecified atom stereocenters. The van der Waals surface area contributed by atoms with Gasteiger partial charge >= 0.3 is 0 Å². The number of hydrogen-bond donors (Lipinski definition) is 1. The molecule has 192 valence electrons. The van der Waals surface area contributed by atoms with Crippen LogP contribution in [0.15, 0.2) is 78.4 Å². The number of ether oxygens (including phenoxy) is 1. The molecule has 4 rings (SSSR count). The Bertz CT molecular complexity index is 1290. The molecule has 6 nitrogen and oxygen atoms in total. The Hall–Kier alpha value is -3.90. The number of aliphatic hydroxyl groups excluding tert-OH is 1. The van der Waals surface area contributed by atoms with Gasteiger partial charge in [0.05, 0.1) is 11.6 Å². The normalized spacial score (nSPS) is 17.0. The van der Waals surface area contributed by atoms with Crippen LogP contribution in [-0.4, -0.2) is 53.8 Å². The molecule has 0 aromatic heterocycles. The van der Waals surface area contributed by atoms with E-state index in [2.05, 4.69) is 6.07 Å². The number of hydrogen-bond acceptors (Lipinski definition) is 5. The standard InChI is InChI=1S/C31H34N2O4/c1-21-9-11-24(12-10-21)28-27(30(35)31(36)33(28)18-6-17-32(3)4)29(34)25-13-15-26(16-14-25)37-20-23-8-5-7-22(2)19-23/h5,7-16,19,28,34H,6,17-18,20H2,1-4H3/b29-27+/t28-/m0/s1. The van der Waals surface area contributed by atoms with Crippen molar-refractivity contribution in [2.24, 2.45) is 0 Å². The molecule has 0 bridgehead atoms. The Morgan fingerprint density at radius 3 is 2.30 bits per heavy atom. The van der Waals surface area contributed by atoms with Crippen LogP contribution in [0.25, 0.3) is 5.76 Å². The Kier molecular flexibility index (Phi) is 8.09. The number of carbonyl (C=O) groups excluding carboxylic acids is 2. The van der Waals surface area contributed by atoms with E-state index in [9.17, 15) is 14.7 Å². The van der Waals surface area contributed by atoms with Crippen molar-refractivity contribution in [3.05, 3.63) is 106 Å². The Labute approximate surface area is 218 Å². The largest absolute Gasteiger partial charge is 0.507 e. The number of nitrogens with zero attached hydrogens (tertiary/aromatic N) is 2. The zero-order chi connectivity index (χ0) is 26.5. The number of rotatable bonds is 9. The van der Waals surface area contributed by atoms with Gasteiger partial charge in [-0.05, 0) is 76.3 Å². The second-order valence-electron chi connectivity index (χ2n) is 9.86. The van der Waals surface area contributed by atoms with Crippen molar-refractivity contribution in [1.82, 2.24) is 9.80 Å². The van der Waals surface area contributed by atoms with Crippen LogP contribution in [0.2, 0.25) is 0 Å². The van der Waals surface area contributed by atoms with Crippen LogP contribution in [0, 0.1) is 13.8 Å². The fourth-order valence-electron chi connectivity index (χ4n) is 4.60. The predicted octanol–water partition coefficient (Wildman–Crippen LogP) is 5.26. The van der Waals surface area contributed by atoms with Crippen LogP contribution < -0.4 is 4.74 Å². The van der Waals surface area contributed by atoms with Crippen molar-refractivity contribution < 1.29 is 19.4 Å². The van der Waals surface area contributed by atoms with Gasteiger partial charge in [0.1, 0.15) is 18.1 Å². The van der Waals surface area contributed by atoms with Crippen LogP contribution in [0.5, 0.6) is 5.75 Å². The zero-order valence-electron chi connectivity index (χ0n) is 21.9. The van der Waals surface area contributed by atoms with Crippen LogP contribution in [-0.2, 0) is 16.2 Å². The summed E-state index contributed by atoms with van der Waals surface area (Å²) >= 11 is 0. The predicted molar refractivity (Wildman–Crippen MR) is 145 cm³/mol. The third-order valence-corrected chi connectivity index (χ3v) is 6.55. The van der Waals surface area contributed by atoms with Crippen molar-refractivity contribution in [2.75, 3.05) is 27.2 Å². The molecule has 0 radical (unpaired) electrons. The number of Topliss-reactive ketones (excluding diaryl/α,β-unsaturated/α-hetero) is 1. The fourth-order valence-corrected chi connectivity index (χ4v) is 4.60. The van der Waals surface area contributed by atoms with Crippen molar-refractivity contribution in [3.8, 4) is 5.75 Å². The van der Waals surface area contributed by atoms with Crippen molar-refractivity contribution in [1.29, 1.82) is 0 Å². The molecule has 3 aromatic carbocycles. The summed E-state index contributed by atoms with van der Waals surface area (Å²) in [6.45, 7) is 5.66. The van der Waals surface area contributed by atoms with Crippen LogP contribution in [0.1, 0.15) is 40.3 Å². The van der Waals surface area contributed by atoms with Gasteiger partial charge in [-0.25, -0.2) is 0 Å². The molecular weight excluding hydrogens is 464 g/mol. The SMILES string of the molecule is Cc1ccc([C@H]2/C(=C(\O)c3ccc(OCc4cccc(C)c4)cc3)C(=O)C(=O)N2CCCN(C)C)cc1. The smallest absolute Gasteiger partial charge is 0.295 e. The number of aryl methyl sites for hydroxylation is 2. The van der Waals surface area contributed by atoms with Crippen LogP contribution in [0.3, 0.4) is 0 Å². The van der Waals surface area contributed by atoms with Gasteiger partial charge in [0.25, 0.3) is 11.7 Å². The highest BCUT2D eigenvalue weighted by Gasteiger charge is 2.45. The van der Waals surface area contributed by atoms with E-state index in [1.807, 2.05) is 75.3 Å². The third kappa shape index (κ3) is 6.09. The van der Waals surface area contributed by atoms with Gasteiger partial charge in [-0.2, -0.15) is 0 Å². The van der Waals surface area contributed by atoms with Crippen molar-refractivity contribution in [3.63, 3.8) is 0 Å². The number of benzene rings is 3. The first-order chi connectivity index (χ1) is 17.7. The summed E-state index contributed by atoms with van der Waals surface area (Å²) in [5.74, 6) is -0.766. The molecule has 1 heterocycles. The molecule has 1 saturated heterocycles. The minimum Gasteiger partial charge on any atom is -0.507 e. The van der Waals surface area contributed by atoms with Gasteiger partial charge in [-0.15, -0.1) is 0 Å². The molecule has 1 N–H and O–H groups in total. The van der Waals surface area contributed by atoms with E-state index in [-0.39, 0.29) is 11.3 Å². The lowest BCUT2D eigenvalue weighted by Gasteiger charge is -2.26. The summed E-state index contributed by atoms with van der Waals surface area (Å²) in [5, 5.41) is 11.3. The van der Waals surface area contributed by atoms with E-state index >= 15 is 0 Å². The molecule has 3 aromatic rings. The van der Waals surface area contributed by atoms with Crippen molar-refractivity contribution >= 4 is 17.4 Å². The van der Waals surface area contributed by atoms with Gasteiger partial charge in [-0.1, -0.05) is 59.7 Å². The van der Waals surface area contributed by atoms with E-state index in [1.165, 1.54) is 5.56 Å². The number of carbonyl (C=O) groups is 2. The van der Waals surface area contributed by atoms with Gasteiger partial charge in [0.15, 0.2) is 0 Å². The highest BCUT2D eigenvalue weighted by molar-refractivity contribution is 6.46. The minimum atomic E-state index is -0.660. The topological polar surface area (TPSA) is 70.1 Å². The van der Waals surface area contributed by atoms with Crippen LogP contribution in [0.4, 0.5) is 0 Å². The first-order valence-electron chi connectivity index (χ1n) is 12.5. The second kappa shape index (κ2) is 11.4. The first-order valence-corrected chi connectivity index (χ1v) is 12.5. The lowest BCUT2D eigenvalue weighted by molar-refractivity contribution is -0.139. The maximum atomic E-state index is 13.2. The lowest BCUT2D eigenvalue weighted by atomic mass is 9.94. The molecule has 1 fully saturated rings. The van der Waals surface area contributed by atoms with E-state index in [1.54, 1.807) is 29.2 Å². The lowest BCUT2D eigenvalue weighted by Crippen LogP contribution is -2.32. The molecule has 1 amide bonds. The number of amides is 1. The Morgan fingerprint density at radius 1 is 0.946 bits per heavy atom. The molecule has 0 saturated carbocycles. The molecule has 6 heteroatoms. The summed E-state index contributed by atoms with van der Waals surface area (Å²) in [5.41, 5.74) is 4.70. The minimum absolute atomic E-state index is 0.118. The molecule has 1 aliphatic heterocycles. The first kappa shape index (κ1) is 26.2. The third-order valence-electron chi connectivity index (χ3n) is 6.55. The van der Waals surface area contributed by atoms with Gasteiger partial charge in [-0.3, -0.25) is 9.59 Å².